The molecule has 0 spiro atoms. The Morgan fingerprint density at radius 2 is 1.88 bits per heavy atom. The SMILES string of the molecule is COc1ccc(Cc2nccc3c(NC(=O)c4csc5c(N)ncnc45)c(C)ccc23)cc1. The second-order valence-electron chi connectivity index (χ2n) is 7.68. The van der Waals surface area contributed by atoms with Crippen LogP contribution in [0.15, 0.2) is 60.4 Å². The molecule has 0 saturated carbocycles. The van der Waals surface area contributed by atoms with Crippen LogP contribution in [0.5, 0.6) is 5.75 Å². The van der Waals surface area contributed by atoms with Crippen LogP contribution in [0, 0.1) is 6.92 Å². The highest BCUT2D eigenvalue weighted by Gasteiger charge is 2.18. The molecule has 33 heavy (non-hydrogen) atoms. The number of amides is 1. The number of thiophene rings is 1. The van der Waals surface area contributed by atoms with Gasteiger partial charge in [0.05, 0.1) is 34.3 Å². The van der Waals surface area contributed by atoms with Gasteiger partial charge in [-0.2, -0.15) is 0 Å². The number of aryl methyl sites for hydroxylation is 1. The lowest BCUT2D eigenvalue weighted by atomic mass is 10.00. The van der Waals surface area contributed by atoms with E-state index in [-0.39, 0.29) is 5.91 Å². The number of carbonyl (C=O) groups is 1. The van der Waals surface area contributed by atoms with Crippen molar-refractivity contribution in [3.63, 3.8) is 0 Å². The van der Waals surface area contributed by atoms with E-state index in [1.165, 1.54) is 17.7 Å². The number of hydrogen-bond acceptors (Lipinski definition) is 7. The summed E-state index contributed by atoms with van der Waals surface area (Å²) in [6.45, 7) is 1.98. The van der Waals surface area contributed by atoms with Gasteiger partial charge in [0.2, 0.25) is 0 Å². The molecule has 1 amide bonds. The molecule has 3 heterocycles. The standard InChI is InChI=1S/C25H21N5O2S/c1-14-3-8-17-18(9-10-27-20(17)11-15-4-6-16(32-2)7-5-15)21(14)30-25(31)19-12-33-23-22(19)28-13-29-24(23)26/h3-10,12-13H,11H2,1-2H3,(H,30,31)(H2,26,28,29). The Morgan fingerprint density at radius 1 is 1.06 bits per heavy atom. The number of nitrogens with one attached hydrogen (secondary N) is 1. The van der Waals surface area contributed by atoms with Gasteiger partial charge in [-0.3, -0.25) is 9.78 Å². The normalized spacial score (nSPS) is 11.1. The zero-order chi connectivity index (χ0) is 22.9. The van der Waals surface area contributed by atoms with Crippen molar-refractivity contribution in [2.45, 2.75) is 13.3 Å². The molecule has 5 aromatic rings. The molecular formula is C25H21N5O2S. The number of ether oxygens (including phenoxy) is 1. The Bertz CT molecular complexity index is 1490. The van der Waals surface area contributed by atoms with Crippen molar-refractivity contribution in [1.29, 1.82) is 0 Å². The second kappa shape index (κ2) is 8.48. The first kappa shape index (κ1) is 20.8. The van der Waals surface area contributed by atoms with Crippen LogP contribution in [0.1, 0.15) is 27.2 Å². The Hall–Kier alpha value is -4.04. The fourth-order valence-corrected chi connectivity index (χ4v) is 4.78. The molecule has 0 unspecified atom stereocenters. The first-order valence-corrected chi connectivity index (χ1v) is 11.2. The largest absolute Gasteiger partial charge is 0.497 e. The van der Waals surface area contributed by atoms with Crippen molar-refractivity contribution < 1.29 is 9.53 Å². The molecule has 0 radical (unpaired) electrons. The van der Waals surface area contributed by atoms with Crippen molar-refractivity contribution >= 4 is 49.7 Å². The minimum absolute atomic E-state index is 0.233. The van der Waals surface area contributed by atoms with Crippen LogP contribution in [0.3, 0.4) is 0 Å². The highest BCUT2D eigenvalue weighted by atomic mass is 32.1. The number of rotatable bonds is 5. The van der Waals surface area contributed by atoms with Gasteiger partial charge in [0.15, 0.2) is 0 Å². The number of nitrogens with zero attached hydrogens (tertiary/aromatic N) is 3. The average molecular weight is 456 g/mol. The van der Waals surface area contributed by atoms with Gasteiger partial charge in [0, 0.05) is 28.8 Å². The number of hydrogen-bond donors (Lipinski definition) is 2. The van der Waals surface area contributed by atoms with E-state index in [2.05, 4.69) is 26.3 Å². The van der Waals surface area contributed by atoms with E-state index in [1.807, 2.05) is 43.3 Å². The van der Waals surface area contributed by atoms with Crippen LogP contribution >= 0.6 is 11.3 Å². The predicted octanol–water partition coefficient (Wildman–Crippen LogP) is 4.98. The van der Waals surface area contributed by atoms with Gasteiger partial charge in [-0.15, -0.1) is 11.3 Å². The molecule has 5 rings (SSSR count). The molecule has 0 saturated heterocycles. The smallest absolute Gasteiger partial charge is 0.258 e. The molecule has 3 aromatic heterocycles. The van der Waals surface area contributed by atoms with Crippen LogP contribution in [0.4, 0.5) is 11.5 Å². The fourth-order valence-electron chi connectivity index (χ4n) is 3.88. The third-order valence-electron chi connectivity index (χ3n) is 5.63. The zero-order valence-electron chi connectivity index (χ0n) is 18.1. The maximum absolute atomic E-state index is 13.2. The minimum Gasteiger partial charge on any atom is -0.497 e. The summed E-state index contributed by atoms with van der Waals surface area (Å²) in [4.78, 5) is 26.1. The number of anilines is 2. The molecule has 0 aliphatic carbocycles. The first-order valence-electron chi connectivity index (χ1n) is 10.3. The molecule has 0 aliphatic heterocycles. The summed E-state index contributed by atoms with van der Waals surface area (Å²) < 4.78 is 5.96. The number of aromatic nitrogens is 3. The molecule has 164 valence electrons. The van der Waals surface area contributed by atoms with Crippen LogP contribution in [-0.2, 0) is 6.42 Å². The van der Waals surface area contributed by atoms with Gasteiger partial charge < -0.3 is 15.8 Å². The summed E-state index contributed by atoms with van der Waals surface area (Å²) in [5.74, 6) is 0.960. The average Bonchev–Trinajstić information content (AvgIpc) is 3.27. The van der Waals surface area contributed by atoms with Crippen LogP contribution in [0.2, 0.25) is 0 Å². The molecule has 7 nitrogen and oxygen atoms in total. The van der Waals surface area contributed by atoms with Crippen LogP contribution < -0.4 is 15.8 Å². The van der Waals surface area contributed by atoms with Gasteiger partial charge in [-0.25, -0.2) is 9.97 Å². The quantitative estimate of drug-likeness (QED) is 0.387. The van der Waals surface area contributed by atoms with Crippen molar-refractivity contribution in [2.75, 3.05) is 18.2 Å². The molecule has 8 heteroatoms. The third-order valence-corrected chi connectivity index (χ3v) is 6.62. The highest BCUT2D eigenvalue weighted by molar-refractivity contribution is 7.18. The second-order valence-corrected chi connectivity index (χ2v) is 8.55. The van der Waals surface area contributed by atoms with E-state index in [0.717, 1.165) is 39.0 Å². The summed E-state index contributed by atoms with van der Waals surface area (Å²) in [6, 6.07) is 13.9. The number of carbonyl (C=O) groups excluding carboxylic acids is 1. The molecule has 0 atom stereocenters. The minimum atomic E-state index is -0.233. The highest BCUT2D eigenvalue weighted by Crippen LogP contribution is 2.32. The monoisotopic (exact) mass is 455 g/mol. The predicted molar refractivity (Wildman–Crippen MR) is 132 cm³/mol. The molecule has 2 aromatic carbocycles. The molecular weight excluding hydrogens is 434 g/mol. The van der Waals surface area contributed by atoms with Gasteiger partial charge in [0.25, 0.3) is 5.91 Å². The van der Waals surface area contributed by atoms with Crippen molar-refractivity contribution in [3.8, 4) is 5.75 Å². The van der Waals surface area contributed by atoms with Gasteiger partial charge in [0.1, 0.15) is 17.9 Å². The Kier molecular flexibility index (Phi) is 5.35. The summed E-state index contributed by atoms with van der Waals surface area (Å²) in [5, 5.41) is 6.80. The van der Waals surface area contributed by atoms with E-state index >= 15 is 0 Å². The lowest BCUT2D eigenvalue weighted by Crippen LogP contribution is -2.13. The third kappa shape index (κ3) is 3.85. The summed E-state index contributed by atoms with van der Waals surface area (Å²) >= 11 is 1.36. The lowest BCUT2D eigenvalue weighted by Gasteiger charge is -2.14. The molecule has 3 N–H and O–H groups in total. The number of methoxy groups -OCH3 is 1. The molecule has 0 aliphatic rings. The van der Waals surface area contributed by atoms with Gasteiger partial charge >= 0.3 is 0 Å². The van der Waals surface area contributed by atoms with Crippen molar-refractivity contribution in [2.24, 2.45) is 0 Å². The van der Waals surface area contributed by atoms with E-state index in [1.54, 1.807) is 18.7 Å². The van der Waals surface area contributed by atoms with E-state index in [4.69, 9.17) is 10.5 Å². The number of fused-ring (bicyclic) bond motifs is 2. The number of benzene rings is 2. The Labute approximate surface area is 194 Å². The molecule has 0 bridgehead atoms. The summed E-state index contributed by atoms with van der Waals surface area (Å²) in [7, 11) is 1.65. The fraction of sp³-hybridized carbons (Fsp3) is 0.120. The maximum Gasteiger partial charge on any atom is 0.258 e. The zero-order valence-corrected chi connectivity index (χ0v) is 18.9. The number of nitrogens with two attached hydrogens (primary N) is 1. The molecule has 0 fully saturated rings. The van der Waals surface area contributed by atoms with Crippen molar-refractivity contribution in [1.82, 2.24) is 15.0 Å². The van der Waals surface area contributed by atoms with Gasteiger partial charge in [-0.1, -0.05) is 24.3 Å². The number of pyridine rings is 1. The van der Waals surface area contributed by atoms with Crippen LogP contribution in [0.25, 0.3) is 21.0 Å². The summed E-state index contributed by atoms with van der Waals surface area (Å²) in [6.07, 6.45) is 3.83. The number of nitrogen functional groups attached to an aromatic ring is 1. The summed E-state index contributed by atoms with van der Waals surface area (Å²) in [5.41, 5.74) is 10.8. The van der Waals surface area contributed by atoms with Crippen molar-refractivity contribution in [3.05, 3.63) is 82.8 Å². The van der Waals surface area contributed by atoms with E-state index in [9.17, 15) is 4.79 Å². The van der Waals surface area contributed by atoms with E-state index in [0.29, 0.717) is 28.0 Å². The first-order chi connectivity index (χ1) is 16.0. The Balaban J connectivity index is 1.51. The van der Waals surface area contributed by atoms with E-state index < -0.39 is 0 Å². The van der Waals surface area contributed by atoms with Crippen LogP contribution in [-0.4, -0.2) is 28.0 Å². The van der Waals surface area contributed by atoms with Gasteiger partial charge in [-0.05, 0) is 36.2 Å². The topological polar surface area (TPSA) is 103 Å². The lowest BCUT2D eigenvalue weighted by molar-refractivity contribution is 0.102. The maximum atomic E-state index is 13.2. The Morgan fingerprint density at radius 3 is 2.67 bits per heavy atom.